The minimum absolute atomic E-state index is 0.0411. The first-order valence-corrected chi connectivity index (χ1v) is 7.82. The Hall–Kier alpha value is -0.910. The van der Waals surface area contributed by atoms with Gasteiger partial charge in [0.1, 0.15) is 4.33 Å². The van der Waals surface area contributed by atoms with Crippen LogP contribution in [0.1, 0.15) is 13.3 Å². The highest BCUT2D eigenvalue weighted by molar-refractivity contribution is 8.00. The van der Waals surface area contributed by atoms with Gasteiger partial charge in [0.25, 0.3) is 0 Å². The topological polar surface area (TPSA) is 58.2 Å². The van der Waals surface area contributed by atoms with Crippen LogP contribution in [0.25, 0.3) is 0 Å². The number of thioether (sulfide) groups is 1. The van der Waals surface area contributed by atoms with E-state index in [0.717, 1.165) is 4.90 Å². The van der Waals surface area contributed by atoms with Gasteiger partial charge in [-0.25, -0.2) is 0 Å². The Morgan fingerprint density at radius 1 is 1.45 bits per heavy atom. The first-order valence-electron chi connectivity index (χ1n) is 6.08. The first-order chi connectivity index (χ1) is 9.32. The molecule has 2 amide bonds. The van der Waals surface area contributed by atoms with Crippen molar-refractivity contribution in [1.82, 2.24) is 0 Å². The fourth-order valence-electron chi connectivity index (χ4n) is 2.08. The Morgan fingerprint density at radius 2 is 2.15 bits per heavy atom. The van der Waals surface area contributed by atoms with Crippen molar-refractivity contribution in [3.05, 3.63) is 18.2 Å². The number of rotatable bonds is 2. The highest BCUT2D eigenvalue weighted by Crippen LogP contribution is 2.64. The summed E-state index contributed by atoms with van der Waals surface area (Å²) in [6.07, 6.45) is 0.437. The lowest BCUT2D eigenvalue weighted by atomic mass is 10.1. The molecule has 1 heterocycles. The van der Waals surface area contributed by atoms with Gasteiger partial charge in [0.2, 0.25) is 11.8 Å². The van der Waals surface area contributed by atoms with Crippen LogP contribution in [0.5, 0.6) is 0 Å². The van der Waals surface area contributed by atoms with E-state index >= 15 is 0 Å². The van der Waals surface area contributed by atoms with Crippen molar-refractivity contribution in [2.24, 2.45) is 5.41 Å². The maximum absolute atomic E-state index is 12.2. The molecule has 1 fully saturated rings. The standard InChI is InChI=1S/C13H12Cl2N2O2S/c1-12(6-13(12,14)15)11(19)16-7-2-3-9-8(4-7)17-10(18)5-20-9/h2-4H,5-6H2,1H3,(H,16,19)(H,17,18). The van der Waals surface area contributed by atoms with Gasteiger partial charge in [-0.2, -0.15) is 0 Å². The van der Waals surface area contributed by atoms with Crippen molar-refractivity contribution in [2.75, 3.05) is 16.4 Å². The zero-order valence-corrected chi connectivity index (χ0v) is 13.0. The molecular weight excluding hydrogens is 319 g/mol. The summed E-state index contributed by atoms with van der Waals surface area (Å²) in [4.78, 5) is 24.5. The molecule has 0 bridgehead atoms. The second kappa shape index (κ2) is 4.55. The maximum Gasteiger partial charge on any atom is 0.234 e. The van der Waals surface area contributed by atoms with Gasteiger partial charge in [-0.1, -0.05) is 0 Å². The van der Waals surface area contributed by atoms with E-state index in [1.165, 1.54) is 11.8 Å². The van der Waals surface area contributed by atoms with Crippen LogP contribution in [0.3, 0.4) is 0 Å². The summed E-state index contributed by atoms with van der Waals surface area (Å²) in [5.74, 6) is 0.163. The predicted molar refractivity (Wildman–Crippen MR) is 81.6 cm³/mol. The maximum atomic E-state index is 12.2. The van der Waals surface area contributed by atoms with Gasteiger partial charge >= 0.3 is 0 Å². The van der Waals surface area contributed by atoms with E-state index in [1.54, 1.807) is 19.1 Å². The van der Waals surface area contributed by atoms with E-state index in [9.17, 15) is 9.59 Å². The molecule has 2 aliphatic rings. The normalized spacial score (nSPS) is 26.4. The number of alkyl halides is 2. The highest BCUT2D eigenvalue weighted by atomic mass is 35.5. The van der Waals surface area contributed by atoms with Crippen LogP contribution in [0.4, 0.5) is 11.4 Å². The van der Waals surface area contributed by atoms with E-state index in [2.05, 4.69) is 10.6 Å². The van der Waals surface area contributed by atoms with Crippen LogP contribution in [0.15, 0.2) is 23.1 Å². The lowest BCUT2D eigenvalue weighted by molar-refractivity contribution is -0.120. The average Bonchev–Trinajstić information content (AvgIpc) is 2.89. The third kappa shape index (κ3) is 2.28. The Bertz CT molecular complexity index is 620. The summed E-state index contributed by atoms with van der Waals surface area (Å²) in [5, 5.41) is 5.58. The van der Waals surface area contributed by atoms with E-state index in [4.69, 9.17) is 23.2 Å². The number of nitrogens with one attached hydrogen (secondary N) is 2. The molecule has 0 saturated heterocycles. The fourth-order valence-corrected chi connectivity index (χ4v) is 3.57. The van der Waals surface area contributed by atoms with Crippen molar-refractivity contribution in [3.8, 4) is 0 Å². The smallest absolute Gasteiger partial charge is 0.234 e. The highest BCUT2D eigenvalue weighted by Gasteiger charge is 2.67. The summed E-state index contributed by atoms with van der Waals surface area (Å²) in [5.41, 5.74) is 0.575. The Labute approximate surface area is 130 Å². The Balaban J connectivity index is 1.78. The minimum Gasteiger partial charge on any atom is -0.325 e. The van der Waals surface area contributed by atoms with Crippen LogP contribution >= 0.6 is 35.0 Å². The number of carbonyl (C=O) groups excluding carboxylic acids is 2. The van der Waals surface area contributed by atoms with Gasteiger partial charge in [0.15, 0.2) is 0 Å². The van der Waals surface area contributed by atoms with Gasteiger partial charge in [-0.15, -0.1) is 35.0 Å². The molecule has 1 aromatic carbocycles. The number of halogens is 2. The second-order valence-electron chi connectivity index (χ2n) is 5.22. The van der Waals surface area contributed by atoms with Gasteiger partial charge in [0.05, 0.1) is 16.9 Å². The van der Waals surface area contributed by atoms with Crippen LogP contribution in [0.2, 0.25) is 0 Å². The van der Waals surface area contributed by atoms with E-state index in [1.807, 2.05) is 6.07 Å². The number of carbonyl (C=O) groups is 2. The molecule has 1 atom stereocenters. The lowest BCUT2D eigenvalue weighted by Gasteiger charge is -2.18. The van der Waals surface area contributed by atoms with Crippen LogP contribution in [0, 0.1) is 5.41 Å². The molecule has 1 unspecified atom stereocenters. The number of hydrogen-bond donors (Lipinski definition) is 2. The minimum atomic E-state index is -0.991. The zero-order chi connectivity index (χ0) is 14.5. The quantitative estimate of drug-likeness (QED) is 0.818. The van der Waals surface area contributed by atoms with E-state index in [-0.39, 0.29) is 11.8 Å². The molecule has 4 nitrogen and oxygen atoms in total. The van der Waals surface area contributed by atoms with Crippen molar-refractivity contribution in [2.45, 2.75) is 22.6 Å². The molecule has 0 spiro atoms. The summed E-state index contributed by atoms with van der Waals surface area (Å²) < 4.78 is -0.991. The fraction of sp³-hybridized carbons (Fsp3) is 0.385. The first kappa shape index (κ1) is 14.0. The summed E-state index contributed by atoms with van der Waals surface area (Å²) in [7, 11) is 0. The Kier molecular flexibility index (Phi) is 3.19. The molecule has 1 saturated carbocycles. The van der Waals surface area contributed by atoms with Crippen molar-refractivity contribution in [3.63, 3.8) is 0 Å². The van der Waals surface area contributed by atoms with E-state index < -0.39 is 9.75 Å². The van der Waals surface area contributed by atoms with Gasteiger partial charge in [0, 0.05) is 10.6 Å². The van der Waals surface area contributed by atoms with Crippen LogP contribution < -0.4 is 10.6 Å². The summed E-state index contributed by atoms with van der Waals surface area (Å²) >= 11 is 13.5. The van der Waals surface area contributed by atoms with Crippen LogP contribution in [-0.2, 0) is 9.59 Å². The molecule has 1 aliphatic heterocycles. The molecule has 0 radical (unpaired) electrons. The summed E-state index contributed by atoms with van der Waals surface area (Å²) in [6, 6.07) is 5.42. The second-order valence-corrected chi connectivity index (χ2v) is 7.72. The lowest BCUT2D eigenvalue weighted by Crippen LogP contribution is -2.26. The average molecular weight is 331 g/mol. The van der Waals surface area contributed by atoms with Crippen molar-refractivity contribution >= 4 is 58.2 Å². The number of amides is 2. The Morgan fingerprint density at radius 3 is 2.80 bits per heavy atom. The van der Waals surface area contributed by atoms with Gasteiger partial charge < -0.3 is 10.6 Å². The third-order valence-corrected chi connectivity index (χ3v) is 5.80. The largest absolute Gasteiger partial charge is 0.325 e. The van der Waals surface area contributed by atoms with Crippen LogP contribution in [-0.4, -0.2) is 21.9 Å². The number of hydrogen-bond acceptors (Lipinski definition) is 3. The van der Waals surface area contributed by atoms with Gasteiger partial charge in [-0.05, 0) is 31.5 Å². The summed E-state index contributed by atoms with van der Waals surface area (Å²) in [6.45, 7) is 1.73. The molecule has 1 aromatic rings. The third-order valence-electron chi connectivity index (χ3n) is 3.63. The number of benzene rings is 1. The zero-order valence-electron chi connectivity index (χ0n) is 10.6. The van der Waals surface area contributed by atoms with E-state index in [0.29, 0.717) is 23.5 Å². The molecule has 3 rings (SSSR count). The predicted octanol–water partition coefficient (Wildman–Crippen LogP) is 3.25. The molecule has 106 valence electrons. The SMILES string of the molecule is CC1(C(=O)Nc2ccc3c(c2)NC(=O)CS3)CC1(Cl)Cl. The molecule has 1 aliphatic carbocycles. The number of fused-ring (bicyclic) bond motifs is 1. The molecule has 2 N–H and O–H groups in total. The molecule has 20 heavy (non-hydrogen) atoms. The monoisotopic (exact) mass is 330 g/mol. The van der Waals surface area contributed by atoms with Crippen molar-refractivity contribution < 1.29 is 9.59 Å². The van der Waals surface area contributed by atoms with Gasteiger partial charge in [-0.3, -0.25) is 9.59 Å². The molecular formula is C13H12Cl2N2O2S. The van der Waals surface area contributed by atoms with Crippen molar-refractivity contribution in [1.29, 1.82) is 0 Å². The molecule has 0 aromatic heterocycles. The molecule has 7 heteroatoms. The number of anilines is 2.